The van der Waals surface area contributed by atoms with Crippen LogP contribution in [0.3, 0.4) is 0 Å². The predicted octanol–water partition coefficient (Wildman–Crippen LogP) is 4.80. The van der Waals surface area contributed by atoms with Crippen molar-refractivity contribution in [1.82, 2.24) is 19.4 Å². The summed E-state index contributed by atoms with van der Waals surface area (Å²) in [5.74, 6) is 0.458. The fourth-order valence-corrected chi connectivity index (χ4v) is 3.47. The second kappa shape index (κ2) is 6.57. The third-order valence-electron chi connectivity index (χ3n) is 4.34. The Bertz CT molecular complexity index is 1130. The van der Waals surface area contributed by atoms with Gasteiger partial charge in [-0.3, -0.25) is 4.40 Å². The molecule has 3 aromatic heterocycles. The SMILES string of the molecule is C=C(C)c1cnc2c(NCCc3c[nH]c4c(F)cccc34)nc(Br)cn12. The topological polar surface area (TPSA) is 58.0 Å². The highest BCUT2D eigenvalue weighted by Crippen LogP contribution is 2.23. The van der Waals surface area contributed by atoms with E-state index >= 15 is 0 Å². The average molecular weight is 414 g/mol. The summed E-state index contributed by atoms with van der Waals surface area (Å²) in [6.45, 7) is 6.58. The van der Waals surface area contributed by atoms with Crippen molar-refractivity contribution in [2.75, 3.05) is 11.9 Å². The zero-order valence-corrected chi connectivity index (χ0v) is 15.8. The van der Waals surface area contributed by atoms with E-state index in [9.17, 15) is 4.39 Å². The number of allylic oxidation sites excluding steroid dienone is 1. The van der Waals surface area contributed by atoms with Gasteiger partial charge in [0.25, 0.3) is 0 Å². The molecule has 132 valence electrons. The van der Waals surface area contributed by atoms with Crippen molar-refractivity contribution in [3.05, 3.63) is 65.0 Å². The van der Waals surface area contributed by atoms with E-state index in [0.717, 1.165) is 34.3 Å². The Morgan fingerprint density at radius 3 is 3.08 bits per heavy atom. The highest BCUT2D eigenvalue weighted by Gasteiger charge is 2.12. The summed E-state index contributed by atoms with van der Waals surface area (Å²) in [5.41, 5.74) is 4.23. The first-order valence-electron chi connectivity index (χ1n) is 8.22. The van der Waals surface area contributed by atoms with Gasteiger partial charge in [-0.25, -0.2) is 14.4 Å². The Hall–Kier alpha value is -2.67. The fraction of sp³-hybridized carbons (Fsp3) is 0.158. The lowest BCUT2D eigenvalue weighted by Crippen LogP contribution is -2.08. The van der Waals surface area contributed by atoms with Crippen molar-refractivity contribution in [2.45, 2.75) is 13.3 Å². The summed E-state index contributed by atoms with van der Waals surface area (Å²) >= 11 is 3.45. The molecule has 0 aliphatic heterocycles. The number of hydrogen-bond acceptors (Lipinski definition) is 3. The number of imidazole rings is 1. The molecule has 0 amide bonds. The van der Waals surface area contributed by atoms with Gasteiger partial charge in [-0.15, -0.1) is 0 Å². The van der Waals surface area contributed by atoms with E-state index in [2.05, 4.69) is 42.8 Å². The van der Waals surface area contributed by atoms with Gasteiger partial charge in [-0.1, -0.05) is 18.7 Å². The molecule has 0 unspecified atom stereocenters. The van der Waals surface area contributed by atoms with Gasteiger partial charge in [0, 0.05) is 24.3 Å². The van der Waals surface area contributed by atoms with Crippen LogP contribution in [0.2, 0.25) is 0 Å². The van der Waals surface area contributed by atoms with E-state index in [1.54, 1.807) is 12.3 Å². The first kappa shape index (κ1) is 16.8. The molecule has 5 nitrogen and oxygen atoms in total. The molecule has 0 fully saturated rings. The number of rotatable bonds is 5. The van der Waals surface area contributed by atoms with Gasteiger partial charge in [0.15, 0.2) is 11.5 Å². The Balaban J connectivity index is 1.58. The van der Waals surface area contributed by atoms with Crippen LogP contribution in [0, 0.1) is 5.82 Å². The van der Waals surface area contributed by atoms with Crippen LogP contribution in [0.1, 0.15) is 18.2 Å². The predicted molar refractivity (Wildman–Crippen MR) is 106 cm³/mol. The van der Waals surface area contributed by atoms with Crippen LogP contribution in [-0.2, 0) is 6.42 Å². The molecule has 1 aromatic carbocycles. The highest BCUT2D eigenvalue weighted by molar-refractivity contribution is 9.10. The molecule has 3 heterocycles. The van der Waals surface area contributed by atoms with Gasteiger partial charge in [-0.2, -0.15) is 0 Å². The minimum atomic E-state index is -0.234. The molecule has 2 N–H and O–H groups in total. The van der Waals surface area contributed by atoms with E-state index in [0.29, 0.717) is 22.5 Å². The zero-order chi connectivity index (χ0) is 18.3. The minimum Gasteiger partial charge on any atom is -0.367 e. The number of fused-ring (bicyclic) bond motifs is 2. The van der Waals surface area contributed by atoms with Gasteiger partial charge in [0.05, 0.1) is 17.4 Å². The van der Waals surface area contributed by atoms with Crippen molar-refractivity contribution in [3.63, 3.8) is 0 Å². The largest absolute Gasteiger partial charge is 0.367 e. The molecule has 0 aliphatic rings. The number of halogens is 2. The summed E-state index contributed by atoms with van der Waals surface area (Å²) in [7, 11) is 0. The number of H-pyrrole nitrogens is 1. The third-order valence-corrected chi connectivity index (χ3v) is 4.72. The summed E-state index contributed by atoms with van der Waals surface area (Å²) < 4.78 is 16.5. The number of para-hydroxylation sites is 1. The van der Waals surface area contributed by atoms with Crippen LogP contribution in [0.15, 0.2) is 48.0 Å². The standard InChI is InChI=1S/C19H17BrFN5/c1-11(2)15-9-24-19-18(25-16(20)10-26(15)19)22-7-6-12-8-23-17-13(12)4-3-5-14(17)21/h3-5,8-10,23H,1,6-7H2,2H3,(H,22,25). The van der Waals surface area contributed by atoms with Gasteiger partial charge in [0.1, 0.15) is 10.4 Å². The van der Waals surface area contributed by atoms with Crippen molar-refractivity contribution in [3.8, 4) is 0 Å². The summed E-state index contributed by atoms with van der Waals surface area (Å²) in [4.78, 5) is 12.0. The number of nitrogens with one attached hydrogen (secondary N) is 2. The van der Waals surface area contributed by atoms with Gasteiger partial charge < -0.3 is 10.3 Å². The second-order valence-corrected chi connectivity index (χ2v) is 7.00. The number of hydrogen-bond donors (Lipinski definition) is 2. The number of aromatic amines is 1. The minimum absolute atomic E-state index is 0.234. The van der Waals surface area contributed by atoms with E-state index in [1.807, 2.05) is 29.8 Å². The van der Waals surface area contributed by atoms with Crippen LogP contribution >= 0.6 is 15.9 Å². The molecule has 0 atom stereocenters. The average Bonchev–Trinajstić information content (AvgIpc) is 3.20. The number of benzene rings is 1. The normalized spacial score (nSPS) is 11.3. The number of anilines is 1. The molecule has 0 saturated heterocycles. The van der Waals surface area contributed by atoms with Crippen molar-refractivity contribution in [1.29, 1.82) is 0 Å². The third kappa shape index (κ3) is 2.88. The molecule has 0 bridgehead atoms. The van der Waals surface area contributed by atoms with Gasteiger partial charge in [0.2, 0.25) is 0 Å². The van der Waals surface area contributed by atoms with Crippen LogP contribution in [0.4, 0.5) is 10.2 Å². The fourth-order valence-electron chi connectivity index (χ4n) is 3.09. The molecule has 4 aromatic rings. The maximum Gasteiger partial charge on any atom is 0.180 e. The maximum absolute atomic E-state index is 13.8. The van der Waals surface area contributed by atoms with Gasteiger partial charge >= 0.3 is 0 Å². The monoisotopic (exact) mass is 413 g/mol. The van der Waals surface area contributed by atoms with E-state index in [4.69, 9.17) is 0 Å². The Morgan fingerprint density at radius 1 is 1.42 bits per heavy atom. The summed E-state index contributed by atoms with van der Waals surface area (Å²) in [5, 5.41) is 4.24. The lowest BCUT2D eigenvalue weighted by molar-refractivity contribution is 0.637. The molecule has 0 saturated carbocycles. The molecule has 4 rings (SSSR count). The van der Waals surface area contributed by atoms with Crippen molar-refractivity contribution >= 4 is 43.9 Å². The molecular formula is C19H17BrFN5. The number of nitrogens with zero attached hydrogens (tertiary/aromatic N) is 3. The van der Waals surface area contributed by atoms with Crippen LogP contribution in [0.5, 0.6) is 0 Å². The zero-order valence-electron chi connectivity index (χ0n) is 14.2. The quantitative estimate of drug-likeness (QED) is 0.493. The molecule has 0 aliphatic carbocycles. The smallest absolute Gasteiger partial charge is 0.180 e. The highest BCUT2D eigenvalue weighted by atomic mass is 79.9. The molecule has 7 heteroatoms. The number of aromatic nitrogens is 4. The maximum atomic E-state index is 13.8. The van der Waals surface area contributed by atoms with Crippen LogP contribution < -0.4 is 5.32 Å². The van der Waals surface area contributed by atoms with Crippen molar-refractivity contribution in [2.24, 2.45) is 0 Å². The van der Waals surface area contributed by atoms with Gasteiger partial charge in [-0.05, 0) is 46.5 Å². The molecular weight excluding hydrogens is 397 g/mol. The Morgan fingerprint density at radius 2 is 2.27 bits per heavy atom. The van der Waals surface area contributed by atoms with Crippen LogP contribution in [-0.4, -0.2) is 25.9 Å². The van der Waals surface area contributed by atoms with Crippen LogP contribution in [0.25, 0.3) is 22.1 Å². The first-order valence-corrected chi connectivity index (χ1v) is 9.01. The Kier molecular flexibility index (Phi) is 4.24. The van der Waals surface area contributed by atoms with E-state index in [1.165, 1.54) is 6.07 Å². The lowest BCUT2D eigenvalue weighted by atomic mass is 10.1. The van der Waals surface area contributed by atoms with E-state index in [-0.39, 0.29) is 5.82 Å². The summed E-state index contributed by atoms with van der Waals surface area (Å²) in [6, 6.07) is 5.11. The molecule has 0 radical (unpaired) electrons. The Labute approximate surface area is 158 Å². The molecule has 26 heavy (non-hydrogen) atoms. The lowest BCUT2D eigenvalue weighted by Gasteiger charge is -2.09. The molecule has 0 spiro atoms. The first-order chi connectivity index (χ1) is 12.5. The van der Waals surface area contributed by atoms with Crippen molar-refractivity contribution < 1.29 is 4.39 Å². The second-order valence-electron chi connectivity index (χ2n) is 6.18. The van der Waals surface area contributed by atoms with E-state index < -0.39 is 0 Å². The summed E-state index contributed by atoms with van der Waals surface area (Å²) in [6.07, 6.45) is 6.26.